The fraction of sp³-hybridized carbons (Fsp3) is 0.235. The topological polar surface area (TPSA) is 55.9 Å². The SMILES string of the molecule is Cn1cncc1-c1ccc(NC(CN)Cc2ccccc2)s1. The molecule has 2 aromatic heterocycles. The first-order valence-electron chi connectivity index (χ1n) is 7.33. The second kappa shape index (κ2) is 6.77. The number of hydrogen-bond donors (Lipinski definition) is 2. The Labute approximate surface area is 134 Å². The lowest BCUT2D eigenvalue weighted by molar-refractivity contribution is 0.726. The Morgan fingerprint density at radius 3 is 2.73 bits per heavy atom. The molecular weight excluding hydrogens is 292 g/mol. The quantitative estimate of drug-likeness (QED) is 0.735. The Hall–Kier alpha value is -2.11. The number of benzene rings is 1. The number of aromatic nitrogens is 2. The zero-order chi connectivity index (χ0) is 15.4. The highest BCUT2D eigenvalue weighted by atomic mass is 32.1. The number of hydrogen-bond acceptors (Lipinski definition) is 4. The average Bonchev–Trinajstić information content (AvgIpc) is 3.16. The van der Waals surface area contributed by atoms with Crippen LogP contribution in [0.2, 0.25) is 0 Å². The van der Waals surface area contributed by atoms with Crippen LogP contribution >= 0.6 is 11.3 Å². The highest BCUT2D eigenvalue weighted by Gasteiger charge is 2.11. The van der Waals surface area contributed by atoms with Crippen molar-refractivity contribution < 1.29 is 0 Å². The summed E-state index contributed by atoms with van der Waals surface area (Å²) in [7, 11) is 2.01. The molecule has 114 valence electrons. The van der Waals surface area contributed by atoms with Crippen LogP contribution in [0.5, 0.6) is 0 Å². The van der Waals surface area contributed by atoms with E-state index in [2.05, 4.69) is 46.7 Å². The molecule has 0 bridgehead atoms. The van der Waals surface area contributed by atoms with Gasteiger partial charge in [-0.2, -0.15) is 0 Å². The summed E-state index contributed by atoms with van der Waals surface area (Å²) in [6.45, 7) is 0.605. The van der Waals surface area contributed by atoms with Crippen LogP contribution < -0.4 is 11.1 Å². The van der Waals surface area contributed by atoms with Gasteiger partial charge in [0.05, 0.1) is 28.1 Å². The highest BCUT2D eigenvalue weighted by Crippen LogP contribution is 2.31. The first-order chi connectivity index (χ1) is 10.8. The summed E-state index contributed by atoms with van der Waals surface area (Å²) in [6, 6.07) is 14.9. The molecule has 22 heavy (non-hydrogen) atoms. The third-order valence-corrected chi connectivity index (χ3v) is 4.67. The lowest BCUT2D eigenvalue weighted by Gasteiger charge is -2.16. The summed E-state index contributed by atoms with van der Waals surface area (Å²) in [5.41, 5.74) is 8.35. The number of nitrogens with zero attached hydrogens (tertiary/aromatic N) is 2. The molecule has 0 amide bonds. The maximum atomic E-state index is 5.92. The largest absolute Gasteiger partial charge is 0.373 e. The van der Waals surface area contributed by atoms with Gasteiger partial charge in [-0.05, 0) is 24.1 Å². The maximum absolute atomic E-state index is 5.92. The van der Waals surface area contributed by atoms with Gasteiger partial charge < -0.3 is 15.6 Å². The van der Waals surface area contributed by atoms with E-state index in [1.165, 1.54) is 10.4 Å². The van der Waals surface area contributed by atoms with Gasteiger partial charge >= 0.3 is 0 Å². The number of thiophene rings is 1. The van der Waals surface area contributed by atoms with Crippen LogP contribution in [0.1, 0.15) is 5.56 Å². The predicted molar refractivity (Wildman–Crippen MR) is 93.1 cm³/mol. The molecule has 1 atom stereocenters. The Kier molecular flexibility index (Phi) is 4.56. The van der Waals surface area contributed by atoms with Crippen molar-refractivity contribution in [2.75, 3.05) is 11.9 Å². The fourth-order valence-electron chi connectivity index (χ4n) is 2.44. The Morgan fingerprint density at radius 2 is 2.05 bits per heavy atom. The van der Waals surface area contributed by atoms with Crippen LogP contribution in [-0.4, -0.2) is 22.1 Å². The lowest BCUT2D eigenvalue weighted by Crippen LogP contribution is -2.30. The Balaban J connectivity index is 1.69. The number of nitrogens with one attached hydrogen (secondary N) is 1. The molecule has 3 aromatic rings. The molecule has 3 rings (SSSR count). The van der Waals surface area contributed by atoms with E-state index >= 15 is 0 Å². The first-order valence-corrected chi connectivity index (χ1v) is 8.15. The van der Waals surface area contributed by atoms with Crippen LogP contribution in [0.15, 0.2) is 55.0 Å². The lowest BCUT2D eigenvalue weighted by atomic mass is 10.1. The van der Waals surface area contributed by atoms with E-state index in [1.54, 1.807) is 11.3 Å². The normalized spacial score (nSPS) is 12.3. The number of anilines is 1. The van der Waals surface area contributed by atoms with Gasteiger partial charge in [-0.3, -0.25) is 0 Å². The van der Waals surface area contributed by atoms with Crippen molar-refractivity contribution in [3.63, 3.8) is 0 Å². The second-order valence-corrected chi connectivity index (χ2v) is 6.40. The van der Waals surface area contributed by atoms with Gasteiger partial charge in [-0.15, -0.1) is 11.3 Å². The average molecular weight is 312 g/mol. The van der Waals surface area contributed by atoms with Gasteiger partial charge in [-0.1, -0.05) is 30.3 Å². The molecule has 1 unspecified atom stereocenters. The van der Waals surface area contributed by atoms with E-state index in [-0.39, 0.29) is 6.04 Å². The number of aryl methyl sites for hydroxylation is 1. The Bertz CT molecular complexity index is 717. The maximum Gasteiger partial charge on any atom is 0.0948 e. The van der Waals surface area contributed by atoms with E-state index < -0.39 is 0 Å². The molecule has 1 aromatic carbocycles. The van der Waals surface area contributed by atoms with Crippen LogP contribution in [0.4, 0.5) is 5.00 Å². The van der Waals surface area contributed by atoms with E-state index in [1.807, 2.05) is 30.2 Å². The summed E-state index contributed by atoms with van der Waals surface area (Å²) in [6.07, 6.45) is 4.64. The molecule has 0 fully saturated rings. The summed E-state index contributed by atoms with van der Waals surface area (Å²) in [5.74, 6) is 0. The molecule has 0 aliphatic heterocycles. The summed E-state index contributed by atoms with van der Waals surface area (Å²) < 4.78 is 2.03. The minimum atomic E-state index is 0.237. The number of imidazole rings is 1. The molecule has 0 spiro atoms. The molecule has 5 heteroatoms. The standard InChI is InChI=1S/C17H20N4S/c1-21-12-19-11-15(21)16-7-8-17(22-16)20-14(10-18)9-13-5-3-2-4-6-13/h2-8,11-12,14,20H,9-10,18H2,1H3. The molecule has 2 heterocycles. The molecule has 0 aliphatic carbocycles. The monoisotopic (exact) mass is 312 g/mol. The fourth-order valence-corrected chi connectivity index (χ4v) is 3.48. The summed E-state index contributed by atoms with van der Waals surface area (Å²) in [4.78, 5) is 5.38. The molecule has 3 N–H and O–H groups in total. The molecule has 0 saturated heterocycles. The number of rotatable bonds is 6. The zero-order valence-corrected chi connectivity index (χ0v) is 13.4. The van der Waals surface area contributed by atoms with Crippen molar-refractivity contribution in [2.24, 2.45) is 12.8 Å². The summed E-state index contributed by atoms with van der Waals surface area (Å²) in [5, 5.41) is 4.68. The summed E-state index contributed by atoms with van der Waals surface area (Å²) >= 11 is 1.73. The van der Waals surface area contributed by atoms with Gasteiger partial charge in [0.15, 0.2) is 0 Å². The van der Waals surface area contributed by atoms with Gasteiger partial charge in [0.1, 0.15) is 0 Å². The molecule has 0 aliphatic rings. The molecule has 0 radical (unpaired) electrons. The number of nitrogens with two attached hydrogens (primary N) is 1. The molecular formula is C17H20N4S. The van der Waals surface area contributed by atoms with Gasteiger partial charge in [-0.25, -0.2) is 4.98 Å². The van der Waals surface area contributed by atoms with E-state index in [0.29, 0.717) is 6.54 Å². The third-order valence-electron chi connectivity index (χ3n) is 3.63. The van der Waals surface area contributed by atoms with E-state index in [9.17, 15) is 0 Å². The van der Waals surface area contributed by atoms with Crippen molar-refractivity contribution in [2.45, 2.75) is 12.5 Å². The van der Waals surface area contributed by atoms with Crippen LogP contribution in [0.3, 0.4) is 0 Å². The van der Waals surface area contributed by atoms with Gasteiger partial charge in [0.25, 0.3) is 0 Å². The highest BCUT2D eigenvalue weighted by molar-refractivity contribution is 7.19. The van der Waals surface area contributed by atoms with Crippen molar-refractivity contribution in [3.05, 3.63) is 60.6 Å². The van der Waals surface area contributed by atoms with Crippen LogP contribution in [-0.2, 0) is 13.5 Å². The second-order valence-electron chi connectivity index (χ2n) is 5.32. The minimum absolute atomic E-state index is 0.237. The van der Waals surface area contributed by atoms with E-state index in [0.717, 1.165) is 17.1 Å². The molecule has 0 saturated carbocycles. The van der Waals surface area contributed by atoms with Crippen molar-refractivity contribution in [3.8, 4) is 10.6 Å². The zero-order valence-electron chi connectivity index (χ0n) is 12.6. The van der Waals surface area contributed by atoms with Crippen LogP contribution in [0, 0.1) is 0 Å². The van der Waals surface area contributed by atoms with Crippen molar-refractivity contribution in [1.82, 2.24) is 9.55 Å². The van der Waals surface area contributed by atoms with Crippen LogP contribution in [0.25, 0.3) is 10.6 Å². The molecule has 4 nitrogen and oxygen atoms in total. The first kappa shape index (κ1) is 14.8. The Morgan fingerprint density at radius 1 is 1.23 bits per heavy atom. The van der Waals surface area contributed by atoms with Crippen molar-refractivity contribution in [1.29, 1.82) is 0 Å². The van der Waals surface area contributed by atoms with Gasteiger partial charge in [0.2, 0.25) is 0 Å². The third kappa shape index (κ3) is 3.37. The van der Waals surface area contributed by atoms with Gasteiger partial charge in [0, 0.05) is 19.6 Å². The minimum Gasteiger partial charge on any atom is -0.373 e. The van der Waals surface area contributed by atoms with E-state index in [4.69, 9.17) is 5.73 Å². The predicted octanol–water partition coefficient (Wildman–Crippen LogP) is 3.13. The smallest absolute Gasteiger partial charge is 0.0948 e. The van der Waals surface area contributed by atoms with Crippen molar-refractivity contribution >= 4 is 16.3 Å².